The van der Waals surface area contributed by atoms with E-state index in [1.807, 2.05) is 52.0 Å². The van der Waals surface area contributed by atoms with Gasteiger partial charge in [0.2, 0.25) is 0 Å². The van der Waals surface area contributed by atoms with Crippen molar-refractivity contribution < 1.29 is 18.4 Å². The molecule has 0 radical (unpaired) electrons. The highest BCUT2D eigenvalue weighted by molar-refractivity contribution is 6.62. The second-order valence-corrected chi connectivity index (χ2v) is 7.56. The normalized spacial score (nSPS) is 18.4. The third-order valence-electron chi connectivity index (χ3n) is 4.85. The van der Waals surface area contributed by atoms with Crippen LogP contribution in [0, 0.1) is 5.82 Å². The fourth-order valence-electron chi connectivity index (χ4n) is 2.59. The SMILES string of the molecule is CC1(C)OB(c2ccccc2COc2ccc(Cl)c(F)c2)OC1(C)C. The summed E-state index contributed by atoms with van der Waals surface area (Å²) >= 11 is 5.70. The summed E-state index contributed by atoms with van der Waals surface area (Å²) in [6, 6.07) is 12.2. The summed E-state index contributed by atoms with van der Waals surface area (Å²) < 4.78 is 31.5. The lowest BCUT2D eigenvalue weighted by atomic mass is 9.76. The van der Waals surface area contributed by atoms with Crippen molar-refractivity contribution in [2.75, 3.05) is 0 Å². The number of benzene rings is 2. The van der Waals surface area contributed by atoms with Crippen LogP contribution in [0.4, 0.5) is 4.39 Å². The quantitative estimate of drug-likeness (QED) is 0.757. The Kier molecular flexibility index (Phi) is 4.84. The first-order valence-corrected chi connectivity index (χ1v) is 8.59. The van der Waals surface area contributed by atoms with Crippen molar-refractivity contribution in [3.8, 4) is 5.75 Å². The van der Waals surface area contributed by atoms with Gasteiger partial charge in [0.25, 0.3) is 0 Å². The minimum atomic E-state index is -0.501. The molecule has 2 aromatic carbocycles. The maximum Gasteiger partial charge on any atom is 0.495 e. The molecule has 6 heteroatoms. The molecule has 0 atom stereocenters. The first-order valence-electron chi connectivity index (χ1n) is 8.21. The minimum Gasteiger partial charge on any atom is -0.489 e. The summed E-state index contributed by atoms with van der Waals surface area (Å²) in [7, 11) is -0.466. The summed E-state index contributed by atoms with van der Waals surface area (Å²) in [5.74, 6) is -0.0796. The Morgan fingerprint density at radius 1 is 1.04 bits per heavy atom. The molecule has 0 spiro atoms. The van der Waals surface area contributed by atoms with Crippen molar-refractivity contribution >= 4 is 24.2 Å². The van der Waals surface area contributed by atoms with E-state index in [9.17, 15) is 4.39 Å². The second-order valence-electron chi connectivity index (χ2n) is 7.15. The molecule has 1 aliphatic heterocycles. The molecule has 25 heavy (non-hydrogen) atoms. The Balaban J connectivity index is 1.79. The Morgan fingerprint density at radius 2 is 1.68 bits per heavy atom. The zero-order valence-corrected chi connectivity index (χ0v) is 15.6. The highest BCUT2D eigenvalue weighted by atomic mass is 35.5. The summed E-state index contributed by atoms with van der Waals surface area (Å²) in [6.45, 7) is 8.34. The van der Waals surface area contributed by atoms with Gasteiger partial charge in [-0.1, -0.05) is 35.9 Å². The van der Waals surface area contributed by atoms with Gasteiger partial charge in [0.05, 0.1) is 16.2 Å². The number of halogens is 2. The number of rotatable bonds is 4. The van der Waals surface area contributed by atoms with Crippen LogP contribution in [0.25, 0.3) is 0 Å². The van der Waals surface area contributed by atoms with Gasteiger partial charge in [0.1, 0.15) is 18.2 Å². The van der Waals surface area contributed by atoms with Crippen LogP contribution in [0.3, 0.4) is 0 Å². The zero-order valence-electron chi connectivity index (χ0n) is 14.8. The van der Waals surface area contributed by atoms with Gasteiger partial charge in [-0.3, -0.25) is 0 Å². The minimum absolute atomic E-state index is 0.0740. The molecule has 1 heterocycles. The van der Waals surface area contributed by atoms with Crippen molar-refractivity contribution in [2.45, 2.75) is 45.5 Å². The molecule has 0 aliphatic carbocycles. The molecule has 0 unspecified atom stereocenters. The molecule has 3 nitrogen and oxygen atoms in total. The predicted octanol–water partition coefficient (Wildman–Crippen LogP) is 4.36. The van der Waals surface area contributed by atoms with Crippen LogP contribution in [0.2, 0.25) is 5.02 Å². The van der Waals surface area contributed by atoms with Crippen molar-refractivity contribution in [1.29, 1.82) is 0 Å². The molecule has 0 bridgehead atoms. The lowest BCUT2D eigenvalue weighted by Gasteiger charge is -2.32. The van der Waals surface area contributed by atoms with E-state index in [4.69, 9.17) is 25.6 Å². The van der Waals surface area contributed by atoms with Crippen LogP contribution < -0.4 is 10.2 Å². The average molecular weight is 363 g/mol. The zero-order chi connectivity index (χ0) is 18.2. The van der Waals surface area contributed by atoms with Gasteiger partial charge in [0, 0.05) is 6.07 Å². The third-order valence-corrected chi connectivity index (χ3v) is 5.15. The fourth-order valence-corrected chi connectivity index (χ4v) is 2.71. The van der Waals surface area contributed by atoms with Crippen molar-refractivity contribution in [1.82, 2.24) is 0 Å². The van der Waals surface area contributed by atoms with E-state index in [-0.39, 0.29) is 11.6 Å². The maximum absolute atomic E-state index is 13.5. The van der Waals surface area contributed by atoms with Crippen LogP contribution in [-0.4, -0.2) is 18.3 Å². The number of hydrogen-bond acceptors (Lipinski definition) is 3. The first kappa shape index (κ1) is 18.2. The van der Waals surface area contributed by atoms with Gasteiger partial charge < -0.3 is 14.0 Å². The van der Waals surface area contributed by atoms with Gasteiger partial charge in [-0.15, -0.1) is 0 Å². The molecular weight excluding hydrogens is 341 g/mol. The van der Waals surface area contributed by atoms with Gasteiger partial charge in [-0.2, -0.15) is 0 Å². The van der Waals surface area contributed by atoms with Crippen molar-refractivity contribution in [3.05, 3.63) is 58.9 Å². The summed E-state index contributed by atoms with van der Waals surface area (Å²) in [6.07, 6.45) is 0. The first-order chi connectivity index (χ1) is 11.7. The van der Waals surface area contributed by atoms with E-state index >= 15 is 0 Å². The predicted molar refractivity (Wildman–Crippen MR) is 97.9 cm³/mol. The van der Waals surface area contributed by atoms with Crippen molar-refractivity contribution in [2.24, 2.45) is 0 Å². The van der Waals surface area contributed by atoms with Crippen LogP contribution in [0.15, 0.2) is 42.5 Å². The largest absolute Gasteiger partial charge is 0.495 e. The standard InChI is InChI=1S/C19H21BClFO3/c1-18(2)19(3,4)25-20(24-18)15-8-6-5-7-13(15)12-23-14-9-10-16(21)17(22)11-14/h5-11H,12H2,1-4H3. The van der Waals surface area contributed by atoms with Gasteiger partial charge in [-0.05, 0) is 50.9 Å². The molecule has 1 fully saturated rings. The summed E-state index contributed by atoms with van der Waals surface area (Å²) in [4.78, 5) is 0. The summed E-state index contributed by atoms with van der Waals surface area (Å²) in [5, 5.41) is 0.0740. The Labute approximate surface area is 153 Å². The van der Waals surface area contributed by atoms with E-state index < -0.39 is 24.1 Å². The molecule has 0 N–H and O–H groups in total. The fraction of sp³-hybridized carbons (Fsp3) is 0.368. The molecule has 132 valence electrons. The number of hydrogen-bond donors (Lipinski definition) is 0. The highest BCUT2D eigenvalue weighted by Gasteiger charge is 2.52. The Bertz CT molecular complexity index is 763. The Morgan fingerprint density at radius 3 is 2.32 bits per heavy atom. The van der Waals surface area contributed by atoms with E-state index in [0.29, 0.717) is 5.75 Å². The molecule has 1 saturated heterocycles. The molecule has 1 aliphatic rings. The molecule has 0 amide bonds. The average Bonchev–Trinajstić information content (AvgIpc) is 2.77. The topological polar surface area (TPSA) is 27.7 Å². The smallest absolute Gasteiger partial charge is 0.489 e. The monoisotopic (exact) mass is 362 g/mol. The van der Waals surface area contributed by atoms with E-state index in [1.165, 1.54) is 12.1 Å². The Hall–Kier alpha value is -1.56. The lowest BCUT2D eigenvalue weighted by Crippen LogP contribution is -2.41. The lowest BCUT2D eigenvalue weighted by molar-refractivity contribution is 0.00578. The van der Waals surface area contributed by atoms with E-state index in [0.717, 1.165) is 11.0 Å². The van der Waals surface area contributed by atoms with E-state index in [2.05, 4.69) is 0 Å². The number of ether oxygens (including phenoxy) is 1. The molecule has 3 rings (SSSR count). The van der Waals surface area contributed by atoms with Gasteiger partial charge in [0.15, 0.2) is 0 Å². The van der Waals surface area contributed by atoms with E-state index in [1.54, 1.807) is 6.07 Å². The molecular formula is C19H21BClFO3. The van der Waals surface area contributed by atoms with Gasteiger partial charge >= 0.3 is 7.12 Å². The second kappa shape index (κ2) is 6.63. The molecule has 0 saturated carbocycles. The molecule has 2 aromatic rings. The van der Waals surface area contributed by atoms with Gasteiger partial charge in [-0.25, -0.2) is 4.39 Å². The maximum atomic E-state index is 13.5. The van der Waals surface area contributed by atoms with Crippen LogP contribution in [0.5, 0.6) is 5.75 Å². The van der Waals surface area contributed by atoms with Crippen molar-refractivity contribution in [3.63, 3.8) is 0 Å². The van der Waals surface area contributed by atoms with Crippen LogP contribution in [-0.2, 0) is 15.9 Å². The van der Waals surface area contributed by atoms with Crippen LogP contribution >= 0.6 is 11.6 Å². The molecule has 0 aromatic heterocycles. The third kappa shape index (κ3) is 3.69. The summed E-state index contributed by atoms with van der Waals surface area (Å²) in [5.41, 5.74) is 1.02. The highest BCUT2D eigenvalue weighted by Crippen LogP contribution is 2.36. The van der Waals surface area contributed by atoms with Crippen LogP contribution in [0.1, 0.15) is 33.3 Å².